The molecule has 2 aromatic rings. The predicted octanol–water partition coefficient (Wildman–Crippen LogP) is 3.84. The Bertz CT molecular complexity index is 855. The molecule has 1 heterocycles. The highest BCUT2D eigenvalue weighted by atomic mass is 35.5. The van der Waals surface area contributed by atoms with Gasteiger partial charge in [0.15, 0.2) is 0 Å². The van der Waals surface area contributed by atoms with Gasteiger partial charge >= 0.3 is 0 Å². The summed E-state index contributed by atoms with van der Waals surface area (Å²) < 4.78 is 23.0. The van der Waals surface area contributed by atoms with Gasteiger partial charge in [0.25, 0.3) is 0 Å². The lowest BCUT2D eigenvalue weighted by atomic mass is 10.0. The fourth-order valence-electron chi connectivity index (χ4n) is 2.89. The van der Waals surface area contributed by atoms with Crippen molar-refractivity contribution >= 4 is 33.2 Å². The van der Waals surface area contributed by atoms with Crippen molar-refractivity contribution < 1.29 is 8.42 Å². The minimum absolute atomic E-state index is 0.0388. The third-order valence-electron chi connectivity index (χ3n) is 4.41. The van der Waals surface area contributed by atoms with Crippen LogP contribution in [-0.2, 0) is 10.0 Å². The third kappa shape index (κ3) is 3.38. The van der Waals surface area contributed by atoms with Crippen LogP contribution in [0.25, 0.3) is 11.1 Å². The maximum Gasteiger partial charge on any atom is 0.211 e. The molecule has 0 saturated heterocycles. The molecule has 4 nitrogen and oxygen atoms in total. The van der Waals surface area contributed by atoms with Gasteiger partial charge in [-0.3, -0.25) is 4.98 Å². The van der Waals surface area contributed by atoms with E-state index < -0.39 is 15.3 Å². The van der Waals surface area contributed by atoms with Crippen molar-refractivity contribution in [2.45, 2.75) is 24.5 Å². The molecular formula is C16H16Cl2N2O2S. The molecule has 3 atom stereocenters. The highest BCUT2D eigenvalue weighted by Crippen LogP contribution is 2.51. The molecule has 1 aliphatic rings. The second-order valence-corrected chi connectivity index (χ2v) is 8.62. The fraction of sp³-hybridized carbons (Fsp3) is 0.312. The number of nitrogens with zero attached hydrogens (tertiary/aromatic N) is 1. The van der Waals surface area contributed by atoms with Crippen LogP contribution in [-0.4, -0.2) is 18.7 Å². The largest absolute Gasteiger partial charge is 0.264 e. The van der Waals surface area contributed by atoms with Crippen molar-refractivity contribution in [1.29, 1.82) is 0 Å². The Morgan fingerprint density at radius 2 is 2.04 bits per heavy atom. The van der Waals surface area contributed by atoms with Crippen LogP contribution in [0.3, 0.4) is 0 Å². The van der Waals surface area contributed by atoms with E-state index in [0.717, 1.165) is 23.1 Å². The molecule has 0 bridgehead atoms. The molecule has 1 aliphatic carbocycles. The van der Waals surface area contributed by atoms with Crippen LogP contribution < -0.4 is 5.14 Å². The van der Waals surface area contributed by atoms with Crippen molar-refractivity contribution in [3.05, 3.63) is 52.3 Å². The van der Waals surface area contributed by atoms with Crippen molar-refractivity contribution in [3.63, 3.8) is 0 Å². The summed E-state index contributed by atoms with van der Waals surface area (Å²) in [5.41, 5.74) is 2.67. The summed E-state index contributed by atoms with van der Waals surface area (Å²) in [4.78, 5) is 4.27. The van der Waals surface area contributed by atoms with E-state index in [1.165, 1.54) is 0 Å². The van der Waals surface area contributed by atoms with Gasteiger partial charge < -0.3 is 0 Å². The molecule has 122 valence electrons. The Labute approximate surface area is 145 Å². The number of primary sulfonamides is 1. The number of aromatic nitrogens is 1. The summed E-state index contributed by atoms with van der Waals surface area (Å²) in [5, 5.41) is 5.66. The van der Waals surface area contributed by atoms with Crippen molar-refractivity contribution in [1.82, 2.24) is 4.98 Å². The molecule has 3 unspecified atom stereocenters. The zero-order valence-corrected chi connectivity index (χ0v) is 14.7. The second-order valence-electron chi connectivity index (χ2n) is 5.91. The summed E-state index contributed by atoms with van der Waals surface area (Å²) in [7, 11) is -3.51. The van der Waals surface area contributed by atoms with Crippen LogP contribution in [0.2, 0.25) is 10.0 Å². The highest BCUT2D eigenvalue weighted by Gasteiger charge is 2.46. The maximum atomic E-state index is 11.5. The molecule has 1 aromatic heterocycles. The van der Waals surface area contributed by atoms with Gasteiger partial charge in [-0.15, -0.1) is 0 Å². The molecule has 1 aromatic carbocycles. The van der Waals surface area contributed by atoms with Crippen molar-refractivity contribution in [3.8, 4) is 11.1 Å². The van der Waals surface area contributed by atoms with Crippen molar-refractivity contribution in [2.75, 3.05) is 0 Å². The van der Waals surface area contributed by atoms with E-state index in [1.807, 2.05) is 18.2 Å². The molecule has 7 heteroatoms. The molecule has 2 N–H and O–H groups in total. The Morgan fingerprint density at radius 1 is 1.30 bits per heavy atom. The normalized spacial score (nSPS) is 21.9. The van der Waals surface area contributed by atoms with Gasteiger partial charge in [0, 0.05) is 23.5 Å². The zero-order valence-electron chi connectivity index (χ0n) is 12.4. The van der Waals surface area contributed by atoms with E-state index in [2.05, 4.69) is 4.98 Å². The first kappa shape index (κ1) is 16.7. The number of hydrogen-bond donors (Lipinski definition) is 1. The Kier molecular flexibility index (Phi) is 4.40. The van der Waals surface area contributed by atoms with Crippen LogP contribution in [0.15, 0.2) is 36.7 Å². The average Bonchev–Trinajstić information content (AvgIpc) is 3.29. The second kappa shape index (κ2) is 6.06. The summed E-state index contributed by atoms with van der Waals surface area (Å²) in [6.07, 6.45) is 4.29. The number of rotatable bonds is 4. The summed E-state index contributed by atoms with van der Waals surface area (Å²) in [5.74, 6) is 0.200. The highest BCUT2D eigenvalue weighted by molar-refractivity contribution is 7.89. The predicted molar refractivity (Wildman–Crippen MR) is 93.1 cm³/mol. The summed E-state index contributed by atoms with van der Waals surface area (Å²) in [6, 6.07) is 7.44. The van der Waals surface area contributed by atoms with E-state index >= 15 is 0 Å². The van der Waals surface area contributed by atoms with Crippen LogP contribution in [0.4, 0.5) is 0 Å². The lowest BCUT2D eigenvalue weighted by molar-refractivity contribution is 0.574. The Morgan fingerprint density at radius 3 is 2.74 bits per heavy atom. The number of halogens is 2. The molecule has 0 amide bonds. The number of nitrogens with two attached hydrogens (primary N) is 1. The number of pyridine rings is 1. The van der Waals surface area contributed by atoms with E-state index in [-0.39, 0.29) is 11.8 Å². The molecule has 1 fully saturated rings. The molecule has 0 aliphatic heterocycles. The van der Waals surface area contributed by atoms with E-state index in [9.17, 15) is 8.42 Å². The first-order valence-electron chi connectivity index (χ1n) is 7.20. The van der Waals surface area contributed by atoms with Gasteiger partial charge in [-0.25, -0.2) is 13.6 Å². The zero-order chi connectivity index (χ0) is 16.8. The lowest BCUT2D eigenvalue weighted by Crippen LogP contribution is -2.27. The van der Waals surface area contributed by atoms with Crippen molar-refractivity contribution in [2.24, 2.45) is 11.1 Å². The minimum Gasteiger partial charge on any atom is -0.264 e. The summed E-state index contributed by atoms with van der Waals surface area (Å²) in [6.45, 7) is 1.66. The monoisotopic (exact) mass is 370 g/mol. The average molecular weight is 371 g/mol. The van der Waals surface area contributed by atoms with Gasteiger partial charge in [0.05, 0.1) is 15.3 Å². The number of sulfonamides is 1. The Hall–Kier alpha value is -1.14. The van der Waals surface area contributed by atoms with Crippen LogP contribution in [0.1, 0.15) is 24.8 Å². The van der Waals surface area contributed by atoms with Gasteiger partial charge in [0.1, 0.15) is 0 Å². The molecule has 23 heavy (non-hydrogen) atoms. The van der Waals surface area contributed by atoms with Crippen LogP contribution in [0.5, 0.6) is 0 Å². The molecule has 0 spiro atoms. The van der Waals surface area contributed by atoms with E-state index in [0.29, 0.717) is 10.0 Å². The molecule has 1 saturated carbocycles. The first-order valence-corrected chi connectivity index (χ1v) is 9.56. The lowest BCUT2D eigenvalue weighted by Gasteiger charge is -2.10. The van der Waals surface area contributed by atoms with E-state index in [4.69, 9.17) is 28.3 Å². The fourth-order valence-corrected chi connectivity index (χ4v) is 4.09. The number of benzene rings is 1. The minimum atomic E-state index is -3.51. The number of hydrogen-bond acceptors (Lipinski definition) is 3. The van der Waals surface area contributed by atoms with Gasteiger partial charge in [-0.1, -0.05) is 35.3 Å². The SMILES string of the molecule is CC(C1CC1c1cncc(-c2cccc(Cl)c2Cl)c1)S(N)(=O)=O. The standard InChI is InChI=1S/C16H16Cl2N2O2S/c1-9(23(19,21)22)13-6-14(13)11-5-10(7-20-8-11)12-3-2-4-15(17)16(12)18/h2-5,7-9,13-14H,6H2,1H3,(H2,19,21,22). The third-order valence-corrected chi connectivity index (χ3v) is 6.62. The topological polar surface area (TPSA) is 73.0 Å². The molecule has 0 radical (unpaired) electrons. The first-order chi connectivity index (χ1) is 10.8. The van der Waals surface area contributed by atoms with Gasteiger partial charge in [0.2, 0.25) is 10.0 Å². The Balaban J connectivity index is 1.89. The van der Waals surface area contributed by atoms with Crippen LogP contribution >= 0.6 is 23.2 Å². The summed E-state index contributed by atoms with van der Waals surface area (Å²) >= 11 is 12.3. The quantitative estimate of drug-likeness (QED) is 0.888. The molecule has 3 rings (SSSR count). The van der Waals surface area contributed by atoms with E-state index in [1.54, 1.807) is 25.4 Å². The molecular weight excluding hydrogens is 355 g/mol. The van der Waals surface area contributed by atoms with Gasteiger partial charge in [-0.05, 0) is 42.9 Å². The van der Waals surface area contributed by atoms with Crippen LogP contribution in [0, 0.1) is 5.92 Å². The smallest absolute Gasteiger partial charge is 0.211 e. The maximum absolute atomic E-state index is 11.5. The van der Waals surface area contributed by atoms with Gasteiger partial charge in [-0.2, -0.15) is 0 Å².